The van der Waals surface area contributed by atoms with Gasteiger partial charge in [-0.25, -0.2) is 4.90 Å². The first-order chi connectivity index (χ1) is 21.7. The third-order valence-electron chi connectivity index (χ3n) is 10.1. The van der Waals surface area contributed by atoms with Gasteiger partial charge in [-0.1, -0.05) is 54.6 Å². The molecule has 4 aromatic carbocycles. The second kappa shape index (κ2) is 9.99. The molecule has 3 atom stereocenters. The van der Waals surface area contributed by atoms with Crippen LogP contribution in [0.25, 0.3) is 0 Å². The molecule has 3 aliphatic carbocycles. The Kier molecular flexibility index (Phi) is 6.11. The Morgan fingerprint density at radius 2 is 1.24 bits per heavy atom. The van der Waals surface area contributed by atoms with Crippen LogP contribution in [0.4, 0.5) is 11.4 Å². The maximum atomic E-state index is 14.2. The van der Waals surface area contributed by atoms with Crippen LogP contribution < -0.4 is 14.5 Å². The Morgan fingerprint density at radius 1 is 0.711 bits per heavy atom. The van der Waals surface area contributed by atoms with Crippen LogP contribution in [0, 0.1) is 38.5 Å². The molecule has 9 rings (SSSR count). The highest BCUT2D eigenvalue weighted by molar-refractivity contribution is 6.23. The SMILES string of the molecule is Cc1cc(C)cc(N2C[C@H](C(=O)Oc3ccc(N4C(=O)[C@@H]5C6c7ccccc7C(c7ccccc76)[C@@H]5C4=O)c(C)c3)CC2=O)c1. The number of anilines is 2. The fourth-order valence-corrected chi connectivity index (χ4v) is 8.28. The van der Waals surface area contributed by atoms with Crippen LogP contribution in [0.5, 0.6) is 5.75 Å². The lowest BCUT2D eigenvalue weighted by molar-refractivity contribution is -0.139. The van der Waals surface area contributed by atoms with E-state index in [9.17, 15) is 19.2 Å². The number of ether oxygens (including phenoxy) is 1. The van der Waals surface area contributed by atoms with Crippen LogP contribution in [0.2, 0.25) is 0 Å². The number of hydrogen-bond acceptors (Lipinski definition) is 5. The number of carbonyl (C=O) groups excluding carboxylic acids is 4. The van der Waals surface area contributed by atoms with Crippen LogP contribution >= 0.6 is 0 Å². The van der Waals surface area contributed by atoms with Crippen molar-refractivity contribution in [1.82, 2.24) is 0 Å². The quantitative estimate of drug-likeness (QED) is 0.165. The average molecular weight is 597 g/mol. The van der Waals surface area contributed by atoms with E-state index in [0.29, 0.717) is 17.0 Å². The molecule has 3 amide bonds. The molecule has 2 saturated heterocycles. The van der Waals surface area contributed by atoms with Crippen molar-refractivity contribution < 1.29 is 23.9 Å². The number of esters is 1. The van der Waals surface area contributed by atoms with Gasteiger partial charge in [-0.2, -0.15) is 0 Å². The summed E-state index contributed by atoms with van der Waals surface area (Å²) in [6.45, 7) is 6.03. The lowest BCUT2D eigenvalue weighted by Gasteiger charge is -2.45. The minimum atomic E-state index is -0.595. The molecule has 0 aromatic heterocycles. The van der Waals surface area contributed by atoms with Crippen molar-refractivity contribution >= 4 is 35.1 Å². The van der Waals surface area contributed by atoms with Crippen molar-refractivity contribution in [1.29, 1.82) is 0 Å². The van der Waals surface area contributed by atoms with Gasteiger partial charge < -0.3 is 9.64 Å². The predicted molar refractivity (Wildman–Crippen MR) is 169 cm³/mol. The second-order valence-corrected chi connectivity index (χ2v) is 12.9. The molecule has 4 aromatic rings. The third-order valence-corrected chi connectivity index (χ3v) is 10.1. The zero-order valence-electron chi connectivity index (χ0n) is 25.3. The number of nitrogens with zero attached hydrogens (tertiary/aromatic N) is 2. The molecule has 0 spiro atoms. The van der Waals surface area contributed by atoms with Crippen molar-refractivity contribution in [2.24, 2.45) is 17.8 Å². The molecule has 0 N–H and O–H groups in total. The standard InChI is InChI=1S/C38H32N2O5/c1-20-14-21(2)16-24(15-20)39-19-23(18-31(39)41)38(44)45-25-12-13-30(22(3)17-25)40-36(42)34-32-26-8-4-5-9-27(26)33(35(34)37(40)43)29-11-7-6-10-28(29)32/h4-17,23,32-35H,18-19H2,1-3H3/t23-,32?,33?,34-,35+/m1/s1. The number of aryl methyl sites for hydroxylation is 3. The van der Waals surface area contributed by atoms with E-state index in [1.165, 1.54) is 4.90 Å². The Morgan fingerprint density at radius 3 is 1.76 bits per heavy atom. The van der Waals surface area contributed by atoms with Crippen LogP contribution in [-0.2, 0) is 19.2 Å². The molecule has 45 heavy (non-hydrogen) atoms. The number of imide groups is 1. The summed E-state index contributed by atoms with van der Waals surface area (Å²) in [5, 5.41) is 0. The van der Waals surface area contributed by atoms with E-state index in [1.54, 1.807) is 23.1 Å². The van der Waals surface area contributed by atoms with E-state index < -0.39 is 23.7 Å². The molecule has 2 fully saturated rings. The minimum absolute atomic E-state index is 0.0789. The Bertz CT molecular complexity index is 1830. The molecule has 2 heterocycles. The van der Waals surface area contributed by atoms with Gasteiger partial charge in [0.2, 0.25) is 17.7 Å². The highest BCUT2D eigenvalue weighted by Crippen LogP contribution is 2.61. The Labute approximate surface area is 261 Å². The van der Waals surface area contributed by atoms with Gasteiger partial charge in [0.25, 0.3) is 0 Å². The number of carbonyl (C=O) groups is 4. The lowest BCUT2D eigenvalue weighted by Crippen LogP contribution is -2.41. The van der Waals surface area contributed by atoms with E-state index in [4.69, 9.17) is 4.74 Å². The maximum Gasteiger partial charge on any atom is 0.316 e. The molecule has 224 valence electrons. The van der Waals surface area contributed by atoms with Gasteiger partial charge in [0.1, 0.15) is 5.75 Å². The second-order valence-electron chi connectivity index (χ2n) is 12.9. The van der Waals surface area contributed by atoms with Crippen LogP contribution in [0.15, 0.2) is 84.9 Å². The highest BCUT2D eigenvalue weighted by atomic mass is 16.5. The van der Waals surface area contributed by atoms with E-state index in [1.807, 2.05) is 63.2 Å². The molecular formula is C38H32N2O5. The van der Waals surface area contributed by atoms with Gasteiger partial charge in [0, 0.05) is 30.5 Å². The van der Waals surface area contributed by atoms with Gasteiger partial charge in [0.15, 0.2) is 0 Å². The highest BCUT2D eigenvalue weighted by Gasteiger charge is 2.61. The van der Waals surface area contributed by atoms with Crippen molar-refractivity contribution in [2.75, 3.05) is 16.3 Å². The predicted octanol–water partition coefficient (Wildman–Crippen LogP) is 5.97. The average Bonchev–Trinajstić information content (AvgIpc) is 3.54. The summed E-state index contributed by atoms with van der Waals surface area (Å²) >= 11 is 0. The first-order valence-corrected chi connectivity index (χ1v) is 15.5. The summed E-state index contributed by atoms with van der Waals surface area (Å²) in [5.74, 6) is -2.53. The molecule has 7 nitrogen and oxygen atoms in total. The number of benzene rings is 4. The molecular weight excluding hydrogens is 564 g/mol. The number of amides is 3. The zero-order valence-corrected chi connectivity index (χ0v) is 25.3. The van der Waals surface area contributed by atoms with E-state index in [0.717, 1.165) is 39.1 Å². The molecule has 2 aliphatic heterocycles. The first-order valence-electron chi connectivity index (χ1n) is 15.5. The maximum absolute atomic E-state index is 14.2. The molecule has 0 radical (unpaired) electrons. The molecule has 2 bridgehead atoms. The Hall–Kier alpha value is -5.04. The zero-order chi connectivity index (χ0) is 31.1. The van der Waals surface area contributed by atoms with Gasteiger partial charge in [0.05, 0.1) is 23.4 Å². The van der Waals surface area contributed by atoms with Crippen molar-refractivity contribution in [3.63, 3.8) is 0 Å². The van der Waals surface area contributed by atoms with Crippen molar-refractivity contribution in [2.45, 2.75) is 39.0 Å². The molecule has 0 saturated carbocycles. The summed E-state index contributed by atoms with van der Waals surface area (Å²) in [5.41, 5.74) is 8.57. The number of hydrogen-bond donors (Lipinski definition) is 0. The summed E-state index contributed by atoms with van der Waals surface area (Å²) < 4.78 is 5.75. The molecule has 5 aliphatic rings. The first kappa shape index (κ1) is 27.5. The van der Waals surface area contributed by atoms with Crippen molar-refractivity contribution in [3.05, 3.63) is 124 Å². The van der Waals surface area contributed by atoms with Crippen molar-refractivity contribution in [3.8, 4) is 5.75 Å². The molecule has 0 unspecified atom stereocenters. The van der Waals surface area contributed by atoms with Gasteiger partial charge in [-0.05, 0) is 90.0 Å². The smallest absolute Gasteiger partial charge is 0.316 e. The number of rotatable bonds is 4. The minimum Gasteiger partial charge on any atom is -0.426 e. The van der Waals surface area contributed by atoms with Crippen LogP contribution in [0.1, 0.15) is 57.2 Å². The third kappa shape index (κ3) is 4.10. The summed E-state index contributed by atoms with van der Waals surface area (Å²) in [6.07, 6.45) is 0.0789. The fourth-order valence-electron chi connectivity index (χ4n) is 8.28. The lowest BCUT2D eigenvalue weighted by atomic mass is 9.55. The normalized spacial score (nSPS) is 24.5. The molecule has 7 heteroatoms. The summed E-state index contributed by atoms with van der Waals surface area (Å²) in [7, 11) is 0. The van der Waals surface area contributed by atoms with Gasteiger partial charge in [-0.15, -0.1) is 0 Å². The van der Waals surface area contributed by atoms with Crippen LogP contribution in [-0.4, -0.2) is 30.2 Å². The fraction of sp³-hybridized carbons (Fsp3) is 0.263. The van der Waals surface area contributed by atoms with E-state index in [2.05, 4.69) is 24.3 Å². The monoisotopic (exact) mass is 596 g/mol. The topological polar surface area (TPSA) is 84.0 Å². The van der Waals surface area contributed by atoms with E-state index in [-0.39, 0.29) is 42.5 Å². The van der Waals surface area contributed by atoms with Crippen LogP contribution in [0.3, 0.4) is 0 Å². The summed E-state index contributed by atoms with van der Waals surface area (Å²) in [4.78, 5) is 57.3. The Balaban J connectivity index is 1.04. The summed E-state index contributed by atoms with van der Waals surface area (Å²) in [6, 6.07) is 27.3. The van der Waals surface area contributed by atoms with E-state index >= 15 is 0 Å². The van der Waals surface area contributed by atoms with Gasteiger partial charge in [-0.3, -0.25) is 19.2 Å². The largest absolute Gasteiger partial charge is 0.426 e. The van der Waals surface area contributed by atoms with Gasteiger partial charge >= 0.3 is 5.97 Å².